The van der Waals surface area contributed by atoms with E-state index in [4.69, 9.17) is 0 Å². The lowest BCUT2D eigenvalue weighted by Crippen LogP contribution is -2.24. The van der Waals surface area contributed by atoms with Crippen LogP contribution in [0.15, 0.2) is 48.5 Å². The number of carboxylic acid groups (broad SMARTS) is 1. The Balaban J connectivity index is 2.01. The standard InChI is InChI=1S/C18H14F3N3O3/c19-18(20,21)17-23-13-10-11(22-15(25)8-9-16(26)27)6-7-14(13)24(17)12-4-2-1-3-5-12/h1-7,10H,8-9H2,(H,22,25)(H,26,27)/p-1. The minimum Gasteiger partial charge on any atom is -0.550 e. The second kappa shape index (κ2) is 7.10. The van der Waals surface area contributed by atoms with Crippen molar-refractivity contribution in [3.8, 4) is 5.69 Å². The fourth-order valence-electron chi connectivity index (χ4n) is 2.63. The van der Waals surface area contributed by atoms with E-state index in [0.717, 1.165) is 4.57 Å². The summed E-state index contributed by atoms with van der Waals surface area (Å²) in [5.74, 6) is -3.03. The average Bonchev–Trinajstić information content (AvgIpc) is 3.00. The molecule has 2 aromatic carbocycles. The van der Waals surface area contributed by atoms with Gasteiger partial charge in [-0.05, 0) is 36.8 Å². The molecular formula is C18H13F3N3O3-. The van der Waals surface area contributed by atoms with E-state index in [1.54, 1.807) is 18.2 Å². The highest BCUT2D eigenvalue weighted by Crippen LogP contribution is 2.34. The van der Waals surface area contributed by atoms with Crippen LogP contribution in [0.5, 0.6) is 0 Å². The van der Waals surface area contributed by atoms with Gasteiger partial charge in [0, 0.05) is 23.8 Å². The number of carbonyl (C=O) groups excluding carboxylic acids is 2. The molecule has 27 heavy (non-hydrogen) atoms. The minimum absolute atomic E-state index is 0.0453. The van der Waals surface area contributed by atoms with Gasteiger partial charge in [-0.15, -0.1) is 0 Å². The molecule has 0 spiro atoms. The zero-order valence-electron chi connectivity index (χ0n) is 13.8. The van der Waals surface area contributed by atoms with Gasteiger partial charge in [0.05, 0.1) is 11.0 Å². The van der Waals surface area contributed by atoms with Crippen molar-refractivity contribution in [3.63, 3.8) is 0 Å². The number of rotatable bonds is 5. The number of nitrogens with one attached hydrogen (secondary N) is 1. The van der Waals surface area contributed by atoms with E-state index in [9.17, 15) is 27.9 Å². The number of amides is 1. The van der Waals surface area contributed by atoms with Gasteiger partial charge in [-0.2, -0.15) is 13.2 Å². The number of para-hydroxylation sites is 1. The van der Waals surface area contributed by atoms with Crippen molar-refractivity contribution in [2.75, 3.05) is 5.32 Å². The number of anilines is 1. The summed E-state index contributed by atoms with van der Waals surface area (Å²) in [6, 6.07) is 12.1. The van der Waals surface area contributed by atoms with E-state index in [-0.39, 0.29) is 23.1 Å². The maximum Gasteiger partial charge on any atom is 0.450 e. The highest BCUT2D eigenvalue weighted by molar-refractivity contribution is 5.94. The Hall–Kier alpha value is -3.36. The number of alkyl halides is 3. The first kappa shape index (κ1) is 18.4. The van der Waals surface area contributed by atoms with Crippen molar-refractivity contribution in [3.05, 3.63) is 54.4 Å². The molecule has 1 heterocycles. The van der Waals surface area contributed by atoms with Crippen molar-refractivity contribution in [1.29, 1.82) is 0 Å². The van der Waals surface area contributed by atoms with Crippen LogP contribution in [-0.2, 0) is 15.8 Å². The van der Waals surface area contributed by atoms with Gasteiger partial charge in [0.2, 0.25) is 11.7 Å². The van der Waals surface area contributed by atoms with Crippen molar-refractivity contribution in [2.24, 2.45) is 0 Å². The van der Waals surface area contributed by atoms with E-state index in [2.05, 4.69) is 10.3 Å². The van der Waals surface area contributed by atoms with Crippen molar-refractivity contribution in [1.82, 2.24) is 9.55 Å². The van der Waals surface area contributed by atoms with Gasteiger partial charge in [-0.25, -0.2) is 4.98 Å². The summed E-state index contributed by atoms with van der Waals surface area (Å²) >= 11 is 0. The summed E-state index contributed by atoms with van der Waals surface area (Å²) in [6.45, 7) is 0. The van der Waals surface area contributed by atoms with Crippen LogP contribution in [0.2, 0.25) is 0 Å². The highest BCUT2D eigenvalue weighted by Gasteiger charge is 2.38. The summed E-state index contributed by atoms with van der Waals surface area (Å²) in [4.78, 5) is 25.8. The number of hydrogen-bond acceptors (Lipinski definition) is 4. The topological polar surface area (TPSA) is 87.0 Å². The molecule has 0 aliphatic carbocycles. The van der Waals surface area contributed by atoms with Gasteiger partial charge < -0.3 is 15.2 Å². The second-order valence-corrected chi connectivity index (χ2v) is 5.73. The monoisotopic (exact) mass is 376 g/mol. The molecule has 1 aromatic heterocycles. The number of benzene rings is 2. The molecule has 0 atom stereocenters. The van der Waals surface area contributed by atoms with E-state index in [1.807, 2.05) is 0 Å². The number of aromatic nitrogens is 2. The van der Waals surface area contributed by atoms with Gasteiger partial charge in [-0.3, -0.25) is 9.36 Å². The molecule has 0 radical (unpaired) electrons. The maximum absolute atomic E-state index is 13.4. The molecule has 0 saturated carbocycles. The summed E-state index contributed by atoms with van der Waals surface area (Å²) in [5, 5.41) is 12.8. The molecule has 0 saturated heterocycles. The largest absolute Gasteiger partial charge is 0.550 e. The second-order valence-electron chi connectivity index (χ2n) is 5.73. The lowest BCUT2D eigenvalue weighted by atomic mass is 10.2. The number of aliphatic carboxylic acids is 1. The number of nitrogens with zero attached hydrogens (tertiary/aromatic N) is 2. The van der Waals surface area contributed by atoms with Crippen LogP contribution in [-0.4, -0.2) is 21.4 Å². The Morgan fingerprint density at radius 1 is 1.07 bits per heavy atom. The molecule has 6 nitrogen and oxygen atoms in total. The third-order valence-corrected chi connectivity index (χ3v) is 3.76. The Morgan fingerprint density at radius 3 is 2.41 bits per heavy atom. The SMILES string of the molecule is O=C([O-])CCC(=O)Nc1ccc2c(c1)nc(C(F)(F)F)n2-c1ccccc1. The fraction of sp³-hybridized carbons (Fsp3) is 0.167. The van der Waals surface area contributed by atoms with Crippen LogP contribution in [0.25, 0.3) is 16.7 Å². The molecule has 140 valence electrons. The highest BCUT2D eigenvalue weighted by atomic mass is 19.4. The number of hydrogen-bond donors (Lipinski definition) is 1. The molecule has 3 aromatic rings. The fourth-order valence-corrected chi connectivity index (χ4v) is 2.63. The predicted octanol–water partition coefficient (Wildman–Crippen LogP) is 2.51. The molecule has 0 unspecified atom stereocenters. The Kier molecular flexibility index (Phi) is 4.85. The van der Waals surface area contributed by atoms with Gasteiger partial charge in [-0.1, -0.05) is 18.2 Å². The number of carbonyl (C=O) groups is 2. The maximum atomic E-state index is 13.4. The Morgan fingerprint density at radius 2 is 1.78 bits per heavy atom. The summed E-state index contributed by atoms with van der Waals surface area (Å²) in [7, 11) is 0. The van der Waals surface area contributed by atoms with Crippen molar-refractivity contribution in [2.45, 2.75) is 19.0 Å². The van der Waals surface area contributed by atoms with Crippen LogP contribution < -0.4 is 10.4 Å². The molecule has 9 heteroatoms. The first-order valence-electron chi connectivity index (χ1n) is 7.90. The quantitative estimate of drug-likeness (QED) is 0.741. The summed E-state index contributed by atoms with van der Waals surface area (Å²) in [6.07, 6.45) is -5.42. The zero-order chi connectivity index (χ0) is 19.6. The predicted molar refractivity (Wildman–Crippen MR) is 88.9 cm³/mol. The third-order valence-electron chi connectivity index (χ3n) is 3.76. The molecule has 0 fully saturated rings. The zero-order valence-corrected chi connectivity index (χ0v) is 13.8. The molecule has 1 N–H and O–H groups in total. The van der Waals surface area contributed by atoms with Crippen LogP contribution in [0.3, 0.4) is 0 Å². The third kappa shape index (κ3) is 4.08. The molecule has 3 rings (SSSR count). The molecule has 1 amide bonds. The van der Waals surface area contributed by atoms with Crippen molar-refractivity contribution < 1.29 is 27.9 Å². The van der Waals surface area contributed by atoms with Gasteiger partial charge in [0.25, 0.3) is 0 Å². The Labute approximate surface area is 151 Å². The Bertz CT molecular complexity index is 997. The van der Waals surface area contributed by atoms with Crippen molar-refractivity contribution >= 4 is 28.6 Å². The molecule has 0 aliphatic rings. The van der Waals surface area contributed by atoms with E-state index in [0.29, 0.717) is 5.69 Å². The van der Waals surface area contributed by atoms with E-state index >= 15 is 0 Å². The first-order chi connectivity index (χ1) is 12.8. The molecule has 0 bridgehead atoms. The smallest absolute Gasteiger partial charge is 0.450 e. The van der Waals surface area contributed by atoms with E-state index < -0.39 is 30.3 Å². The number of carboxylic acids is 1. The normalized spacial score (nSPS) is 11.5. The lowest BCUT2D eigenvalue weighted by molar-refractivity contribution is -0.305. The van der Waals surface area contributed by atoms with Crippen LogP contribution in [0.4, 0.5) is 18.9 Å². The van der Waals surface area contributed by atoms with Gasteiger partial charge >= 0.3 is 6.18 Å². The van der Waals surface area contributed by atoms with Gasteiger partial charge in [0.1, 0.15) is 0 Å². The van der Waals surface area contributed by atoms with Crippen LogP contribution in [0, 0.1) is 0 Å². The average molecular weight is 376 g/mol. The van der Waals surface area contributed by atoms with Crippen LogP contribution >= 0.6 is 0 Å². The van der Waals surface area contributed by atoms with E-state index in [1.165, 1.54) is 30.3 Å². The number of fused-ring (bicyclic) bond motifs is 1. The minimum atomic E-state index is -4.67. The lowest BCUT2D eigenvalue weighted by Gasteiger charge is -2.11. The summed E-state index contributed by atoms with van der Waals surface area (Å²) < 4.78 is 41.3. The van der Waals surface area contributed by atoms with Crippen LogP contribution in [0.1, 0.15) is 18.7 Å². The van der Waals surface area contributed by atoms with Gasteiger partial charge in [0.15, 0.2) is 0 Å². The number of imidazole rings is 1. The first-order valence-corrected chi connectivity index (χ1v) is 7.90. The molecule has 0 aliphatic heterocycles. The number of halogens is 3. The molecular weight excluding hydrogens is 363 g/mol. The summed E-state index contributed by atoms with van der Waals surface area (Å²) in [5.41, 5.74) is 0.792.